The summed E-state index contributed by atoms with van der Waals surface area (Å²) in [5.74, 6) is 0.740. The Labute approximate surface area is 188 Å². The molecule has 160 valence electrons. The molecule has 0 saturated carbocycles. The Morgan fingerprint density at radius 3 is 2.00 bits per heavy atom. The third-order valence-electron chi connectivity index (χ3n) is 4.48. The van der Waals surface area contributed by atoms with Crippen LogP contribution in [-0.4, -0.2) is 9.55 Å². The Balaban J connectivity index is 3.98. The fourth-order valence-electron chi connectivity index (χ4n) is 2.90. The molecule has 0 aliphatic rings. The number of nitrogens with zero attached hydrogens (tertiary/aromatic N) is 2. The van der Waals surface area contributed by atoms with Gasteiger partial charge in [0, 0.05) is 11.3 Å². The summed E-state index contributed by atoms with van der Waals surface area (Å²) in [6, 6.07) is 0. The number of hydrogen-bond donors (Lipinski definition) is 0. The first-order valence-electron chi connectivity index (χ1n) is 10.1. The fraction of sp³-hybridized carbons (Fsp3) is 0.138. The number of allylic oxidation sites excluding steroid dienone is 14. The number of hydrogen-bond acceptors (Lipinski definition) is 1. The highest BCUT2D eigenvalue weighted by Crippen LogP contribution is 2.29. The summed E-state index contributed by atoms with van der Waals surface area (Å²) in [5.41, 5.74) is 4.48. The molecule has 0 aromatic carbocycles. The maximum absolute atomic E-state index is 4.86. The van der Waals surface area contributed by atoms with E-state index in [-0.39, 0.29) is 5.41 Å². The Kier molecular flexibility index (Phi) is 9.94. The van der Waals surface area contributed by atoms with E-state index in [9.17, 15) is 0 Å². The van der Waals surface area contributed by atoms with E-state index >= 15 is 0 Å². The highest BCUT2D eigenvalue weighted by Gasteiger charge is 2.18. The van der Waals surface area contributed by atoms with Crippen LogP contribution in [0.5, 0.6) is 0 Å². The van der Waals surface area contributed by atoms with Crippen molar-refractivity contribution in [3.8, 4) is 0 Å². The molecule has 0 amide bonds. The van der Waals surface area contributed by atoms with Crippen molar-refractivity contribution in [2.24, 2.45) is 5.41 Å². The Bertz CT molecular complexity index is 1010. The van der Waals surface area contributed by atoms with Gasteiger partial charge in [-0.3, -0.25) is 4.57 Å². The smallest absolute Gasteiger partial charge is 0.145 e. The lowest BCUT2D eigenvalue weighted by atomic mass is 9.86. The van der Waals surface area contributed by atoms with Gasteiger partial charge in [0.15, 0.2) is 0 Å². The molecule has 0 N–H and O–H groups in total. The monoisotopic (exact) mass is 410 g/mol. The molecule has 0 unspecified atom stereocenters. The van der Waals surface area contributed by atoms with Crippen LogP contribution in [0.2, 0.25) is 0 Å². The summed E-state index contributed by atoms with van der Waals surface area (Å²) in [4.78, 5) is 4.86. The van der Waals surface area contributed by atoms with Crippen LogP contribution >= 0.6 is 0 Å². The number of rotatable bonds is 11. The van der Waals surface area contributed by atoms with Crippen LogP contribution < -0.4 is 0 Å². The molecule has 0 saturated heterocycles. The quantitative estimate of drug-likeness (QED) is 0.336. The van der Waals surface area contributed by atoms with Crippen molar-refractivity contribution in [1.29, 1.82) is 0 Å². The van der Waals surface area contributed by atoms with E-state index < -0.39 is 0 Å². The minimum absolute atomic E-state index is 0.0231. The zero-order valence-corrected chi connectivity index (χ0v) is 19.1. The number of aromatic nitrogens is 2. The summed E-state index contributed by atoms with van der Waals surface area (Å²) >= 11 is 0. The maximum Gasteiger partial charge on any atom is 0.145 e. The van der Waals surface area contributed by atoms with Gasteiger partial charge in [-0.1, -0.05) is 115 Å². The summed E-state index contributed by atoms with van der Waals surface area (Å²) < 4.78 is 2.05. The molecule has 1 heterocycles. The SMILES string of the molecule is C=C/C=C\C(=C/C=C)n1c(/C(C=C)=C/C=C(\C=C)C(C)(C)C)nc(C=C)c1/C=C\C=C. The Morgan fingerprint density at radius 1 is 0.839 bits per heavy atom. The van der Waals surface area contributed by atoms with Crippen molar-refractivity contribution in [3.63, 3.8) is 0 Å². The predicted molar refractivity (Wildman–Crippen MR) is 141 cm³/mol. The minimum atomic E-state index is -0.0231. The van der Waals surface area contributed by atoms with Crippen molar-refractivity contribution < 1.29 is 0 Å². The molecule has 2 heteroatoms. The van der Waals surface area contributed by atoms with Gasteiger partial charge in [0.05, 0.1) is 11.4 Å². The van der Waals surface area contributed by atoms with Crippen LogP contribution in [0, 0.1) is 5.41 Å². The van der Waals surface area contributed by atoms with E-state index in [1.165, 1.54) is 0 Å². The van der Waals surface area contributed by atoms with Crippen LogP contribution in [0.4, 0.5) is 0 Å². The second-order valence-corrected chi connectivity index (χ2v) is 7.66. The van der Waals surface area contributed by atoms with Crippen LogP contribution in [0.1, 0.15) is 38.0 Å². The van der Waals surface area contributed by atoms with Gasteiger partial charge in [-0.15, -0.1) is 0 Å². The molecule has 0 atom stereocenters. The predicted octanol–water partition coefficient (Wildman–Crippen LogP) is 8.22. The molecule has 1 rings (SSSR count). The molecule has 1 aromatic heterocycles. The molecular formula is C29H34N2. The Morgan fingerprint density at radius 2 is 1.52 bits per heavy atom. The first-order chi connectivity index (χ1) is 14.8. The van der Waals surface area contributed by atoms with E-state index in [1.807, 2.05) is 47.1 Å². The van der Waals surface area contributed by atoms with Crippen molar-refractivity contribution in [1.82, 2.24) is 9.55 Å². The standard InChI is InChI=1S/C29H34N2/c1-10-16-19-25(18-12-3)31-27(20-17-11-2)26(15-6)30-28(31)23(13-4)21-22-24(14-5)29(7,8)9/h10-22H,1-6H2,7-9H3/b19-16-,20-17-,23-21+,24-22+,25-18+. The second-order valence-electron chi connectivity index (χ2n) is 7.66. The fourth-order valence-corrected chi connectivity index (χ4v) is 2.90. The minimum Gasteiger partial charge on any atom is -0.292 e. The molecule has 0 bridgehead atoms. The van der Waals surface area contributed by atoms with E-state index in [0.29, 0.717) is 0 Å². The largest absolute Gasteiger partial charge is 0.292 e. The molecule has 2 nitrogen and oxygen atoms in total. The Hall–Kier alpha value is -3.65. The van der Waals surface area contributed by atoms with Gasteiger partial charge in [-0.05, 0) is 35.3 Å². The topological polar surface area (TPSA) is 17.8 Å². The molecule has 0 spiro atoms. The molecule has 0 radical (unpaired) electrons. The van der Waals surface area contributed by atoms with Gasteiger partial charge < -0.3 is 0 Å². The van der Waals surface area contributed by atoms with Crippen LogP contribution in [0.25, 0.3) is 23.4 Å². The van der Waals surface area contributed by atoms with Crippen molar-refractivity contribution in [2.45, 2.75) is 20.8 Å². The van der Waals surface area contributed by atoms with Gasteiger partial charge in [0.2, 0.25) is 0 Å². The number of imidazole rings is 1. The molecule has 1 aromatic rings. The van der Waals surface area contributed by atoms with E-state index in [0.717, 1.165) is 34.1 Å². The lowest BCUT2D eigenvalue weighted by Gasteiger charge is -2.19. The molecule has 0 fully saturated rings. The highest BCUT2D eigenvalue weighted by atomic mass is 15.1. The van der Waals surface area contributed by atoms with Crippen molar-refractivity contribution in [2.75, 3.05) is 0 Å². The van der Waals surface area contributed by atoms with Gasteiger partial charge in [0.1, 0.15) is 5.82 Å². The summed E-state index contributed by atoms with van der Waals surface area (Å²) in [5, 5.41) is 0. The summed E-state index contributed by atoms with van der Waals surface area (Å²) in [6.45, 7) is 29.8. The average molecular weight is 411 g/mol. The molecule has 0 aliphatic heterocycles. The zero-order valence-electron chi connectivity index (χ0n) is 19.1. The third kappa shape index (κ3) is 6.68. The van der Waals surface area contributed by atoms with E-state index in [4.69, 9.17) is 4.98 Å². The van der Waals surface area contributed by atoms with E-state index in [1.54, 1.807) is 30.4 Å². The maximum atomic E-state index is 4.86. The summed E-state index contributed by atoms with van der Waals surface area (Å²) in [7, 11) is 0. The first-order valence-corrected chi connectivity index (χ1v) is 10.1. The van der Waals surface area contributed by atoms with Crippen LogP contribution in [0.15, 0.2) is 112 Å². The second kappa shape index (κ2) is 12.1. The van der Waals surface area contributed by atoms with Crippen molar-refractivity contribution >= 4 is 23.4 Å². The van der Waals surface area contributed by atoms with Gasteiger partial charge in [-0.2, -0.15) is 0 Å². The zero-order chi connectivity index (χ0) is 23.4. The van der Waals surface area contributed by atoms with Crippen molar-refractivity contribution in [3.05, 3.63) is 129 Å². The first kappa shape index (κ1) is 25.4. The lowest BCUT2D eigenvalue weighted by molar-refractivity contribution is 0.517. The highest BCUT2D eigenvalue weighted by molar-refractivity contribution is 5.79. The normalized spacial score (nSPS) is 13.5. The third-order valence-corrected chi connectivity index (χ3v) is 4.48. The average Bonchev–Trinajstić information content (AvgIpc) is 3.09. The van der Waals surface area contributed by atoms with Gasteiger partial charge in [-0.25, -0.2) is 4.98 Å². The van der Waals surface area contributed by atoms with E-state index in [2.05, 4.69) is 66.3 Å². The van der Waals surface area contributed by atoms with Gasteiger partial charge in [0.25, 0.3) is 0 Å². The van der Waals surface area contributed by atoms with Gasteiger partial charge >= 0.3 is 0 Å². The lowest BCUT2D eigenvalue weighted by Crippen LogP contribution is -2.07. The summed E-state index contributed by atoms with van der Waals surface area (Å²) in [6.07, 6.45) is 24.3. The van der Waals surface area contributed by atoms with Crippen LogP contribution in [0.3, 0.4) is 0 Å². The molecular weight excluding hydrogens is 376 g/mol. The van der Waals surface area contributed by atoms with Crippen LogP contribution in [-0.2, 0) is 0 Å². The molecule has 31 heavy (non-hydrogen) atoms. The molecule has 0 aliphatic carbocycles.